The lowest BCUT2D eigenvalue weighted by Gasteiger charge is -2.34. The maximum Gasteiger partial charge on any atom is 0.408 e. The van der Waals surface area contributed by atoms with Crippen LogP contribution in [-0.2, 0) is 27.3 Å². The van der Waals surface area contributed by atoms with Crippen molar-refractivity contribution in [3.63, 3.8) is 0 Å². The minimum absolute atomic E-state index is 0.0611. The van der Waals surface area contributed by atoms with Crippen LogP contribution in [0, 0.1) is 13.8 Å². The molecule has 2 atom stereocenters. The first-order chi connectivity index (χ1) is 19.9. The van der Waals surface area contributed by atoms with Crippen molar-refractivity contribution in [2.75, 3.05) is 13.2 Å². The summed E-state index contributed by atoms with van der Waals surface area (Å²) in [6, 6.07) is 19.0. The standard InChI is InChI=1S/C33H41N3O6/c1-22-11-14-26(19-23(22)2)29(30(39)34-21-25-9-7-6-8-10-25)36(17-18-37)31(40)28(35-32(41)42-33(3,4)5)20-24-12-15-27(38)16-13-24/h6-16,19,28-29,37-38H,17-18,20-21H2,1-5H3,(H,34,39)(H,35,41). The van der Waals surface area contributed by atoms with Gasteiger partial charge in [-0.15, -0.1) is 0 Å². The van der Waals surface area contributed by atoms with Crippen molar-refractivity contribution in [2.24, 2.45) is 0 Å². The molecule has 0 spiro atoms. The van der Waals surface area contributed by atoms with Gasteiger partial charge < -0.3 is 30.5 Å². The van der Waals surface area contributed by atoms with Gasteiger partial charge in [-0.25, -0.2) is 4.79 Å². The van der Waals surface area contributed by atoms with Crippen LogP contribution in [0.2, 0.25) is 0 Å². The van der Waals surface area contributed by atoms with Crippen molar-refractivity contribution < 1.29 is 29.3 Å². The van der Waals surface area contributed by atoms with E-state index < -0.39 is 42.2 Å². The van der Waals surface area contributed by atoms with E-state index in [4.69, 9.17) is 4.74 Å². The number of hydrogen-bond donors (Lipinski definition) is 4. The molecule has 0 bridgehead atoms. The number of alkyl carbamates (subject to hydrolysis) is 1. The topological polar surface area (TPSA) is 128 Å². The second-order valence-electron chi connectivity index (χ2n) is 11.3. The van der Waals surface area contributed by atoms with E-state index in [1.807, 2.05) is 56.3 Å². The SMILES string of the molecule is Cc1ccc(C(C(=O)NCc2ccccc2)N(CCO)C(=O)C(Cc2ccc(O)cc2)NC(=O)OC(C)(C)C)cc1C. The van der Waals surface area contributed by atoms with E-state index in [0.717, 1.165) is 16.7 Å². The normalized spacial score (nSPS) is 12.6. The zero-order valence-corrected chi connectivity index (χ0v) is 24.9. The van der Waals surface area contributed by atoms with Gasteiger partial charge in [-0.2, -0.15) is 0 Å². The zero-order valence-electron chi connectivity index (χ0n) is 24.9. The fourth-order valence-corrected chi connectivity index (χ4v) is 4.48. The van der Waals surface area contributed by atoms with Crippen molar-refractivity contribution in [2.45, 2.75) is 65.3 Å². The molecule has 3 aromatic carbocycles. The fourth-order valence-electron chi connectivity index (χ4n) is 4.48. The van der Waals surface area contributed by atoms with Gasteiger partial charge in [-0.1, -0.05) is 60.7 Å². The van der Waals surface area contributed by atoms with Crippen molar-refractivity contribution >= 4 is 17.9 Å². The zero-order chi connectivity index (χ0) is 30.9. The smallest absolute Gasteiger partial charge is 0.408 e. The third-order valence-corrected chi connectivity index (χ3v) is 6.71. The molecule has 9 heteroatoms. The number of aliphatic hydroxyl groups excluding tert-OH is 1. The van der Waals surface area contributed by atoms with Gasteiger partial charge in [-0.05, 0) is 74.6 Å². The van der Waals surface area contributed by atoms with Crippen molar-refractivity contribution in [1.82, 2.24) is 15.5 Å². The van der Waals surface area contributed by atoms with E-state index in [0.29, 0.717) is 11.1 Å². The minimum atomic E-state index is -1.13. The molecule has 0 saturated carbocycles. The molecule has 0 saturated heterocycles. The number of ether oxygens (including phenoxy) is 1. The molecular formula is C33H41N3O6. The summed E-state index contributed by atoms with van der Waals surface area (Å²) in [6.07, 6.45) is -0.731. The van der Waals surface area contributed by atoms with Gasteiger partial charge in [0.1, 0.15) is 23.4 Å². The number of nitrogens with zero attached hydrogens (tertiary/aromatic N) is 1. The van der Waals surface area contributed by atoms with E-state index in [2.05, 4.69) is 10.6 Å². The second-order valence-corrected chi connectivity index (χ2v) is 11.3. The Morgan fingerprint density at radius 1 is 0.905 bits per heavy atom. The van der Waals surface area contributed by atoms with Crippen LogP contribution in [0.25, 0.3) is 0 Å². The predicted molar refractivity (Wildman–Crippen MR) is 161 cm³/mol. The molecule has 0 heterocycles. The van der Waals surface area contributed by atoms with Crippen molar-refractivity contribution in [1.29, 1.82) is 0 Å². The summed E-state index contributed by atoms with van der Waals surface area (Å²) in [6.45, 7) is 8.72. The van der Waals surface area contributed by atoms with Crippen molar-refractivity contribution in [3.8, 4) is 5.75 Å². The first-order valence-corrected chi connectivity index (χ1v) is 14.0. The highest BCUT2D eigenvalue weighted by atomic mass is 16.6. The second kappa shape index (κ2) is 14.5. The minimum Gasteiger partial charge on any atom is -0.508 e. The van der Waals surface area contributed by atoms with Crippen LogP contribution in [0.4, 0.5) is 4.79 Å². The first-order valence-electron chi connectivity index (χ1n) is 14.0. The molecule has 3 aromatic rings. The molecule has 0 radical (unpaired) electrons. The number of aliphatic hydroxyl groups is 1. The van der Waals surface area contributed by atoms with Crippen LogP contribution in [0.3, 0.4) is 0 Å². The summed E-state index contributed by atoms with van der Waals surface area (Å²) in [7, 11) is 0. The number of rotatable bonds is 11. The molecule has 4 N–H and O–H groups in total. The van der Waals surface area contributed by atoms with Crippen LogP contribution >= 0.6 is 0 Å². The third kappa shape index (κ3) is 9.34. The number of phenolic OH excluding ortho intramolecular Hbond substituents is 1. The number of carbonyl (C=O) groups excluding carboxylic acids is 3. The third-order valence-electron chi connectivity index (χ3n) is 6.71. The van der Waals surface area contributed by atoms with Gasteiger partial charge in [0.15, 0.2) is 0 Å². The van der Waals surface area contributed by atoms with Gasteiger partial charge >= 0.3 is 6.09 Å². The summed E-state index contributed by atoms with van der Waals surface area (Å²) < 4.78 is 5.43. The maximum absolute atomic E-state index is 14.3. The number of benzene rings is 3. The molecule has 0 fully saturated rings. The molecule has 224 valence electrons. The summed E-state index contributed by atoms with van der Waals surface area (Å²) in [5, 5.41) is 25.4. The van der Waals surface area contributed by atoms with E-state index >= 15 is 0 Å². The molecule has 9 nitrogen and oxygen atoms in total. The molecule has 42 heavy (non-hydrogen) atoms. The van der Waals surface area contributed by atoms with Gasteiger partial charge in [0, 0.05) is 19.5 Å². The molecule has 0 aromatic heterocycles. The lowest BCUT2D eigenvalue weighted by Crippen LogP contribution is -2.54. The van der Waals surface area contributed by atoms with Crippen LogP contribution in [0.15, 0.2) is 72.8 Å². The highest BCUT2D eigenvalue weighted by molar-refractivity contribution is 5.92. The van der Waals surface area contributed by atoms with Crippen molar-refractivity contribution in [3.05, 3.63) is 101 Å². The number of hydrogen-bond acceptors (Lipinski definition) is 6. The average molecular weight is 576 g/mol. The van der Waals surface area contributed by atoms with Gasteiger partial charge in [-0.3, -0.25) is 9.59 Å². The van der Waals surface area contributed by atoms with Gasteiger partial charge in [0.25, 0.3) is 0 Å². The Kier molecular flexibility index (Phi) is 11.1. The number of aryl methyl sites for hydroxylation is 2. The molecule has 3 rings (SSSR count). The number of phenols is 1. The fraction of sp³-hybridized carbons (Fsp3) is 0.364. The molecule has 0 aliphatic heterocycles. The number of aromatic hydroxyl groups is 1. The number of carbonyl (C=O) groups is 3. The monoisotopic (exact) mass is 575 g/mol. The van der Waals surface area contributed by atoms with E-state index in [-0.39, 0.29) is 25.3 Å². The Morgan fingerprint density at radius 2 is 1.57 bits per heavy atom. The Labute approximate surface area is 247 Å². The quantitative estimate of drug-likeness (QED) is 0.270. The highest BCUT2D eigenvalue weighted by Crippen LogP contribution is 2.26. The molecule has 2 unspecified atom stereocenters. The van der Waals surface area contributed by atoms with Crippen LogP contribution in [0.1, 0.15) is 54.6 Å². The molecule has 0 aliphatic carbocycles. The lowest BCUT2D eigenvalue weighted by atomic mass is 9.97. The summed E-state index contributed by atoms with van der Waals surface area (Å²) in [4.78, 5) is 42.2. The maximum atomic E-state index is 14.3. The summed E-state index contributed by atoms with van der Waals surface area (Å²) >= 11 is 0. The van der Waals surface area contributed by atoms with Crippen LogP contribution in [-0.4, -0.2) is 57.8 Å². The average Bonchev–Trinajstić information content (AvgIpc) is 2.93. The Morgan fingerprint density at radius 3 is 2.17 bits per heavy atom. The summed E-state index contributed by atoms with van der Waals surface area (Å²) in [5.41, 5.74) is 3.30. The highest BCUT2D eigenvalue weighted by Gasteiger charge is 2.36. The molecular weight excluding hydrogens is 534 g/mol. The van der Waals surface area contributed by atoms with Crippen LogP contribution < -0.4 is 10.6 Å². The largest absolute Gasteiger partial charge is 0.508 e. The Hall–Kier alpha value is -4.37. The molecule has 3 amide bonds. The van der Waals surface area contributed by atoms with Gasteiger partial charge in [0.05, 0.1) is 6.61 Å². The summed E-state index contributed by atoms with van der Waals surface area (Å²) in [5.74, 6) is -0.931. The Balaban J connectivity index is 2.01. The predicted octanol–water partition coefficient (Wildman–Crippen LogP) is 4.32. The Bertz CT molecular complexity index is 1350. The van der Waals surface area contributed by atoms with E-state index in [9.17, 15) is 24.6 Å². The number of nitrogens with one attached hydrogen (secondary N) is 2. The van der Waals surface area contributed by atoms with Gasteiger partial charge in [0.2, 0.25) is 11.8 Å². The number of amides is 3. The van der Waals surface area contributed by atoms with E-state index in [1.165, 1.54) is 17.0 Å². The van der Waals surface area contributed by atoms with E-state index in [1.54, 1.807) is 39.0 Å². The van der Waals surface area contributed by atoms with Crippen LogP contribution in [0.5, 0.6) is 5.75 Å². The lowest BCUT2D eigenvalue weighted by molar-refractivity contribution is -0.143. The molecule has 0 aliphatic rings. The first kappa shape index (κ1) is 32.1.